The van der Waals surface area contributed by atoms with Crippen molar-refractivity contribution >= 4 is 5.91 Å². The summed E-state index contributed by atoms with van der Waals surface area (Å²) >= 11 is 0. The molecular formula is C7H9N2O+. The fourth-order valence-electron chi connectivity index (χ4n) is 0.665. The number of pyridine rings is 1. The molecular weight excluding hydrogens is 128 g/mol. The second-order valence-electron chi connectivity index (χ2n) is 2.12. The summed E-state index contributed by atoms with van der Waals surface area (Å²) in [4.78, 5) is 10.5. The number of amides is 1. The van der Waals surface area contributed by atoms with Crippen LogP contribution in [0.2, 0.25) is 0 Å². The van der Waals surface area contributed by atoms with Crippen molar-refractivity contribution in [3.63, 3.8) is 0 Å². The number of hydrogen-bond donors (Lipinski definition) is 1. The Kier molecular flexibility index (Phi) is 1.67. The molecule has 0 aliphatic rings. The molecule has 0 bridgehead atoms. The SMILES string of the molecule is C[n+]1ccc(C(N)=O)cc1. The molecule has 2 N–H and O–H groups in total. The van der Waals surface area contributed by atoms with E-state index >= 15 is 0 Å². The standard InChI is InChI=1S/C7H8N2O/c1-9-4-2-6(3-5-9)7(8)10/h2-5H,1H3,(H-,8,10)/p+1. The third kappa shape index (κ3) is 1.31. The molecule has 1 aromatic rings. The van der Waals surface area contributed by atoms with Crippen molar-refractivity contribution in [2.45, 2.75) is 0 Å². The molecule has 0 saturated heterocycles. The van der Waals surface area contributed by atoms with Gasteiger partial charge in [0.05, 0.1) is 5.56 Å². The predicted molar refractivity (Wildman–Crippen MR) is 36.1 cm³/mol. The van der Waals surface area contributed by atoms with Gasteiger partial charge in [-0.3, -0.25) is 4.79 Å². The summed E-state index contributed by atoms with van der Waals surface area (Å²) in [5, 5.41) is 0. The molecule has 0 atom stereocenters. The van der Waals surface area contributed by atoms with Crippen LogP contribution in [0.5, 0.6) is 0 Å². The van der Waals surface area contributed by atoms with E-state index in [1.807, 2.05) is 11.6 Å². The summed E-state index contributed by atoms with van der Waals surface area (Å²) in [5.41, 5.74) is 5.56. The lowest BCUT2D eigenvalue weighted by atomic mass is 10.2. The number of primary amides is 1. The van der Waals surface area contributed by atoms with Crippen molar-refractivity contribution in [1.29, 1.82) is 0 Å². The molecule has 1 aromatic heterocycles. The highest BCUT2D eigenvalue weighted by Gasteiger charge is 1.99. The van der Waals surface area contributed by atoms with Gasteiger partial charge >= 0.3 is 0 Å². The summed E-state index contributed by atoms with van der Waals surface area (Å²) in [6.45, 7) is 0. The molecule has 0 fully saturated rings. The fourth-order valence-corrected chi connectivity index (χ4v) is 0.665. The number of carbonyl (C=O) groups is 1. The van der Waals surface area contributed by atoms with Gasteiger partial charge in [0.2, 0.25) is 5.91 Å². The van der Waals surface area contributed by atoms with Crippen molar-refractivity contribution in [2.75, 3.05) is 0 Å². The molecule has 1 heterocycles. The van der Waals surface area contributed by atoms with Gasteiger partial charge in [-0.15, -0.1) is 0 Å². The van der Waals surface area contributed by atoms with E-state index in [1.165, 1.54) is 0 Å². The minimum atomic E-state index is -0.388. The molecule has 0 aliphatic carbocycles. The van der Waals surface area contributed by atoms with Crippen LogP contribution in [-0.2, 0) is 7.05 Å². The molecule has 0 spiro atoms. The zero-order valence-electron chi connectivity index (χ0n) is 5.74. The largest absolute Gasteiger partial charge is 0.366 e. The number of carbonyl (C=O) groups excluding carboxylic acids is 1. The van der Waals surface area contributed by atoms with E-state index < -0.39 is 0 Å². The highest BCUT2D eigenvalue weighted by atomic mass is 16.1. The van der Waals surface area contributed by atoms with Crippen LogP contribution in [-0.4, -0.2) is 5.91 Å². The number of rotatable bonds is 1. The predicted octanol–water partition coefficient (Wildman–Crippen LogP) is -0.390. The summed E-state index contributed by atoms with van der Waals surface area (Å²) < 4.78 is 1.84. The lowest BCUT2D eigenvalue weighted by Crippen LogP contribution is -2.27. The van der Waals surface area contributed by atoms with E-state index in [2.05, 4.69) is 0 Å². The molecule has 0 aliphatic heterocycles. The smallest absolute Gasteiger partial charge is 0.249 e. The van der Waals surface area contributed by atoms with Crippen LogP contribution in [0, 0.1) is 0 Å². The van der Waals surface area contributed by atoms with Crippen LogP contribution in [0.1, 0.15) is 10.4 Å². The van der Waals surface area contributed by atoms with Crippen LogP contribution in [0.4, 0.5) is 0 Å². The highest BCUT2D eigenvalue weighted by molar-refractivity contribution is 5.92. The van der Waals surface area contributed by atoms with Crippen molar-refractivity contribution in [1.82, 2.24) is 0 Å². The summed E-state index contributed by atoms with van der Waals surface area (Å²) in [7, 11) is 1.88. The monoisotopic (exact) mass is 137 g/mol. The Morgan fingerprint density at radius 2 is 2.00 bits per heavy atom. The Hall–Kier alpha value is -1.38. The first-order chi connectivity index (χ1) is 4.70. The Balaban J connectivity index is 3.00. The molecule has 52 valence electrons. The zero-order chi connectivity index (χ0) is 7.56. The fraction of sp³-hybridized carbons (Fsp3) is 0.143. The minimum Gasteiger partial charge on any atom is -0.366 e. The first-order valence-corrected chi connectivity index (χ1v) is 2.95. The van der Waals surface area contributed by atoms with Gasteiger partial charge in [0.25, 0.3) is 0 Å². The molecule has 0 unspecified atom stereocenters. The van der Waals surface area contributed by atoms with Gasteiger partial charge in [0.1, 0.15) is 7.05 Å². The number of hydrogen-bond acceptors (Lipinski definition) is 1. The van der Waals surface area contributed by atoms with Gasteiger partial charge < -0.3 is 5.73 Å². The molecule has 0 saturated carbocycles. The molecule has 1 amide bonds. The molecule has 3 heteroatoms. The second kappa shape index (κ2) is 2.47. The third-order valence-electron chi connectivity index (χ3n) is 1.26. The number of aryl methyl sites for hydroxylation is 1. The molecule has 0 aromatic carbocycles. The van der Waals surface area contributed by atoms with Gasteiger partial charge in [-0.1, -0.05) is 0 Å². The molecule has 10 heavy (non-hydrogen) atoms. The summed E-state index contributed by atoms with van der Waals surface area (Å²) in [6.07, 6.45) is 3.56. The second-order valence-corrected chi connectivity index (χ2v) is 2.12. The Labute approximate surface area is 59.1 Å². The zero-order valence-corrected chi connectivity index (χ0v) is 5.74. The minimum absolute atomic E-state index is 0.388. The Bertz CT molecular complexity index is 240. The van der Waals surface area contributed by atoms with Gasteiger partial charge in [0, 0.05) is 12.1 Å². The average Bonchev–Trinajstić information content (AvgIpc) is 1.88. The first kappa shape index (κ1) is 6.74. The number of nitrogens with two attached hydrogens (primary N) is 1. The van der Waals surface area contributed by atoms with E-state index in [-0.39, 0.29) is 5.91 Å². The van der Waals surface area contributed by atoms with E-state index in [0.29, 0.717) is 5.56 Å². The van der Waals surface area contributed by atoms with Gasteiger partial charge in [-0.25, -0.2) is 4.57 Å². The van der Waals surface area contributed by atoms with Crippen LogP contribution >= 0.6 is 0 Å². The van der Waals surface area contributed by atoms with E-state index in [4.69, 9.17) is 5.73 Å². The molecule has 0 radical (unpaired) electrons. The van der Waals surface area contributed by atoms with Gasteiger partial charge in [-0.2, -0.15) is 0 Å². The lowest BCUT2D eigenvalue weighted by molar-refractivity contribution is -0.671. The van der Waals surface area contributed by atoms with Crippen molar-refractivity contribution < 1.29 is 9.36 Å². The summed E-state index contributed by atoms with van der Waals surface area (Å²) in [6, 6.07) is 3.37. The Morgan fingerprint density at radius 1 is 1.50 bits per heavy atom. The van der Waals surface area contributed by atoms with Crippen LogP contribution in [0.3, 0.4) is 0 Å². The third-order valence-corrected chi connectivity index (χ3v) is 1.26. The molecule has 1 rings (SSSR count). The van der Waals surface area contributed by atoms with Gasteiger partial charge in [-0.05, 0) is 0 Å². The topological polar surface area (TPSA) is 47.0 Å². The quantitative estimate of drug-likeness (QED) is 0.526. The highest BCUT2D eigenvalue weighted by Crippen LogP contribution is 1.90. The van der Waals surface area contributed by atoms with Crippen LogP contribution < -0.4 is 10.3 Å². The lowest BCUT2D eigenvalue weighted by Gasteiger charge is -1.89. The maximum atomic E-state index is 10.5. The maximum absolute atomic E-state index is 10.5. The van der Waals surface area contributed by atoms with Gasteiger partial charge in [0.15, 0.2) is 12.4 Å². The summed E-state index contributed by atoms with van der Waals surface area (Å²) in [5.74, 6) is -0.388. The van der Waals surface area contributed by atoms with E-state index in [9.17, 15) is 4.79 Å². The van der Waals surface area contributed by atoms with E-state index in [0.717, 1.165) is 0 Å². The maximum Gasteiger partial charge on any atom is 0.249 e. The first-order valence-electron chi connectivity index (χ1n) is 2.95. The van der Waals surface area contributed by atoms with Crippen molar-refractivity contribution in [3.05, 3.63) is 30.1 Å². The average molecular weight is 137 g/mol. The van der Waals surface area contributed by atoms with Crippen LogP contribution in [0.15, 0.2) is 24.5 Å². The van der Waals surface area contributed by atoms with Crippen LogP contribution in [0.25, 0.3) is 0 Å². The van der Waals surface area contributed by atoms with Crippen molar-refractivity contribution in [3.8, 4) is 0 Å². The van der Waals surface area contributed by atoms with E-state index in [1.54, 1.807) is 24.5 Å². The normalized spacial score (nSPS) is 9.30. The number of aromatic nitrogens is 1. The Morgan fingerprint density at radius 3 is 2.40 bits per heavy atom. The van der Waals surface area contributed by atoms with Crippen molar-refractivity contribution in [2.24, 2.45) is 12.8 Å². The number of nitrogens with zero attached hydrogens (tertiary/aromatic N) is 1. The molecule has 3 nitrogen and oxygen atoms in total.